The van der Waals surface area contributed by atoms with Crippen LogP contribution in [-0.2, 0) is 9.53 Å². The number of hydrogen-bond donors (Lipinski definition) is 2. The predicted molar refractivity (Wildman–Crippen MR) is 56.2 cm³/mol. The van der Waals surface area contributed by atoms with Crippen LogP contribution >= 0.6 is 11.8 Å². The molecule has 0 aliphatic carbocycles. The van der Waals surface area contributed by atoms with E-state index in [1.165, 1.54) is 7.11 Å². The zero-order chi connectivity index (χ0) is 10.0. The molecule has 4 nitrogen and oxygen atoms in total. The molecule has 0 amide bonds. The van der Waals surface area contributed by atoms with Crippen molar-refractivity contribution in [3.63, 3.8) is 0 Å². The van der Waals surface area contributed by atoms with Crippen LogP contribution in [0, 0.1) is 0 Å². The molecule has 5 heteroatoms. The van der Waals surface area contributed by atoms with Crippen LogP contribution in [-0.4, -0.2) is 42.8 Å². The molecule has 2 fully saturated rings. The molecule has 0 aromatic carbocycles. The van der Waals surface area contributed by atoms with Gasteiger partial charge in [-0.3, -0.25) is 10.1 Å². The summed E-state index contributed by atoms with van der Waals surface area (Å²) >= 11 is 1.87. The first-order valence-corrected chi connectivity index (χ1v) is 5.94. The number of thioether (sulfide) groups is 1. The Kier molecular flexibility index (Phi) is 2.99. The summed E-state index contributed by atoms with van der Waals surface area (Å²) in [5.41, 5.74) is 0. The highest BCUT2D eigenvalue weighted by atomic mass is 32.2. The third-order valence-electron chi connectivity index (χ3n) is 2.86. The summed E-state index contributed by atoms with van der Waals surface area (Å²) in [5.74, 6) is 0.708. The first kappa shape index (κ1) is 10.3. The highest BCUT2D eigenvalue weighted by molar-refractivity contribution is 8.01. The Hall–Kier alpha value is -0.260. The number of piperidine rings is 1. The third kappa shape index (κ3) is 1.89. The number of nitrogens with one attached hydrogen (secondary N) is 2. The van der Waals surface area contributed by atoms with Gasteiger partial charge in [0, 0.05) is 5.75 Å². The van der Waals surface area contributed by atoms with Crippen molar-refractivity contribution in [1.82, 2.24) is 10.6 Å². The molecule has 2 aliphatic rings. The summed E-state index contributed by atoms with van der Waals surface area (Å²) < 4.78 is 4.74. The number of hydrogen-bond acceptors (Lipinski definition) is 5. The van der Waals surface area contributed by atoms with E-state index in [0.717, 1.165) is 31.7 Å². The van der Waals surface area contributed by atoms with Gasteiger partial charge in [-0.2, -0.15) is 0 Å². The molecular formula is C9H16N2O2S. The van der Waals surface area contributed by atoms with E-state index in [1.807, 2.05) is 11.8 Å². The van der Waals surface area contributed by atoms with Crippen molar-refractivity contribution in [2.24, 2.45) is 0 Å². The Morgan fingerprint density at radius 1 is 1.50 bits per heavy atom. The second-order valence-corrected chi connectivity index (χ2v) is 5.18. The average molecular weight is 216 g/mol. The van der Waals surface area contributed by atoms with Crippen LogP contribution in [0.5, 0.6) is 0 Å². The molecule has 0 aromatic rings. The zero-order valence-electron chi connectivity index (χ0n) is 8.34. The topological polar surface area (TPSA) is 50.4 Å². The maximum absolute atomic E-state index is 11.3. The average Bonchev–Trinajstić information content (AvgIpc) is 2.62. The molecule has 0 bridgehead atoms. The van der Waals surface area contributed by atoms with E-state index in [9.17, 15) is 4.79 Å². The lowest BCUT2D eigenvalue weighted by Gasteiger charge is -2.33. The molecule has 1 atom stereocenters. The Morgan fingerprint density at radius 2 is 2.21 bits per heavy atom. The van der Waals surface area contributed by atoms with Gasteiger partial charge in [-0.25, -0.2) is 0 Å². The van der Waals surface area contributed by atoms with Gasteiger partial charge in [-0.1, -0.05) is 0 Å². The number of methoxy groups -OCH3 is 1. The Labute approximate surface area is 88.1 Å². The lowest BCUT2D eigenvalue weighted by molar-refractivity contribution is -0.142. The molecule has 1 spiro atoms. The molecule has 0 radical (unpaired) electrons. The Morgan fingerprint density at radius 3 is 2.86 bits per heavy atom. The molecule has 14 heavy (non-hydrogen) atoms. The van der Waals surface area contributed by atoms with Crippen molar-refractivity contribution in [3.8, 4) is 0 Å². The smallest absolute Gasteiger partial charge is 0.323 e. The fourth-order valence-electron chi connectivity index (χ4n) is 2.03. The zero-order valence-corrected chi connectivity index (χ0v) is 9.15. The second-order valence-electron chi connectivity index (χ2n) is 3.78. The number of rotatable bonds is 1. The van der Waals surface area contributed by atoms with Gasteiger partial charge in [0.1, 0.15) is 6.04 Å². The number of carbonyl (C=O) groups excluding carboxylic acids is 1. The molecule has 80 valence electrons. The van der Waals surface area contributed by atoms with Gasteiger partial charge in [0.25, 0.3) is 0 Å². The minimum atomic E-state index is -0.132. The lowest BCUT2D eigenvalue weighted by Crippen LogP contribution is -2.50. The summed E-state index contributed by atoms with van der Waals surface area (Å²) in [4.78, 5) is 11.5. The van der Waals surface area contributed by atoms with E-state index in [4.69, 9.17) is 4.74 Å². The van der Waals surface area contributed by atoms with Crippen LogP contribution < -0.4 is 10.6 Å². The highest BCUT2D eigenvalue weighted by Gasteiger charge is 2.42. The fourth-order valence-corrected chi connectivity index (χ4v) is 3.46. The summed E-state index contributed by atoms with van der Waals surface area (Å²) in [6, 6.07) is -0.108. The quantitative estimate of drug-likeness (QED) is 0.602. The van der Waals surface area contributed by atoms with Crippen molar-refractivity contribution in [3.05, 3.63) is 0 Å². The van der Waals surface area contributed by atoms with Gasteiger partial charge in [0.05, 0.1) is 12.0 Å². The monoisotopic (exact) mass is 216 g/mol. The summed E-state index contributed by atoms with van der Waals surface area (Å²) in [7, 11) is 1.45. The van der Waals surface area contributed by atoms with E-state index in [0.29, 0.717) is 0 Å². The summed E-state index contributed by atoms with van der Waals surface area (Å²) in [6.07, 6.45) is 2.18. The first-order chi connectivity index (χ1) is 6.76. The van der Waals surface area contributed by atoms with Gasteiger partial charge < -0.3 is 10.1 Å². The van der Waals surface area contributed by atoms with Gasteiger partial charge >= 0.3 is 5.97 Å². The van der Waals surface area contributed by atoms with Crippen molar-refractivity contribution in [1.29, 1.82) is 0 Å². The van der Waals surface area contributed by atoms with Crippen molar-refractivity contribution >= 4 is 17.7 Å². The third-order valence-corrected chi connectivity index (χ3v) is 4.44. The van der Waals surface area contributed by atoms with Gasteiger partial charge in [0.15, 0.2) is 0 Å². The number of ether oxygens (including phenoxy) is 1. The molecule has 2 N–H and O–H groups in total. The maximum Gasteiger partial charge on any atom is 0.323 e. The molecule has 0 unspecified atom stereocenters. The Bertz CT molecular complexity index is 229. The van der Waals surface area contributed by atoms with Crippen LogP contribution in [0.25, 0.3) is 0 Å². The van der Waals surface area contributed by atoms with E-state index in [-0.39, 0.29) is 16.9 Å². The largest absolute Gasteiger partial charge is 0.468 e. The van der Waals surface area contributed by atoms with E-state index in [1.54, 1.807) is 0 Å². The SMILES string of the molecule is COC(=O)[C@@H]1CSC2(CCNCC2)N1. The molecule has 0 aromatic heterocycles. The van der Waals surface area contributed by atoms with Crippen molar-refractivity contribution in [2.75, 3.05) is 26.0 Å². The first-order valence-electron chi connectivity index (χ1n) is 4.96. The van der Waals surface area contributed by atoms with Crippen LogP contribution in [0.15, 0.2) is 0 Å². The second kappa shape index (κ2) is 4.08. The molecular weight excluding hydrogens is 200 g/mol. The highest BCUT2D eigenvalue weighted by Crippen LogP contribution is 2.37. The lowest BCUT2D eigenvalue weighted by atomic mass is 10.1. The van der Waals surface area contributed by atoms with E-state index in [2.05, 4.69) is 10.6 Å². The van der Waals surface area contributed by atoms with Crippen LogP contribution in [0.1, 0.15) is 12.8 Å². The number of carbonyl (C=O) groups is 1. The summed E-state index contributed by atoms with van der Waals surface area (Å²) in [6.45, 7) is 2.07. The van der Waals surface area contributed by atoms with E-state index >= 15 is 0 Å². The van der Waals surface area contributed by atoms with Crippen LogP contribution in [0.4, 0.5) is 0 Å². The molecule has 2 heterocycles. The van der Waals surface area contributed by atoms with Gasteiger partial charge in [-0.15, -0.1) is 11.8 Å². The van der Waals surface area contributed by atoms with Crippen LogP contribution in [0.2, 0.25) is 0 Å². The Balaban J connectivity index is 1.95. The molecule has 0 saturated carbocycles. The van der Waals surface area contributed by atoms with Crippen LogP contribution in [0.3, 0.4) is 0 Å². The predicted octanol–water partition coefficient (Wildman–Crippen LogP) is -0.0559. The standard InChI is InChI=1S/C9H16N2O2S/c1-13-8(12)7-6-14-9(11-7)2-4-10-5-3-9/h7,10-11H,2-6H2,1H3/t7-/m0/s1. The molecule has 2 saturated heterocycles. The maximum atomic E-state index is 11.3. The van der Waals surface area contributed by atoms with Gasteiger partial charge in [-0.05, 0) is 25.9 Å². The molecule has 2 rings (SSSR count). The minimum absolute atomic E-state index is 0.108. The minimum Gasteiger partial charge on any atom is -0.468 e. The normalized spacial score (nSPS) is 30.5. The molecule has 2 aliphatic heterocycles. The number of esters is 1. The van der Waals surface area contributed by atoms with Crippen molar-refractivity contribution in [2.45, 2.75) is 23.8 Å². The van der Waals surface area contributed by atoms with Gasteiger partial charge in [0.2, 0.25) is 0 Å². The fraction of sp³-hybridized carbons (Fsp3) is 0.889. The van der Waals surface area contributed by atoms with Crippen molar-refractivity contribution < 1.29 is 9.53 Å². The van der Waals surface area contributed by atoms with E-state index < -0.39 is 0 Å². The summed E-state index contributed by atoms with van der Waals surface area (Å²) in [5, 5.41) is 6.73.